The number of benzene rings is 1. The zero-order valence-corrected chi connectivity index (χ0v) is 12.3. The summed E-state index contributed by atoms with van der Waals surface area (Å²) in [6.45, 7) is -0.129. The molecular weight excluding hydrogens is 270 g/mol. The van der Waals surface area contributed by atoms with E-state index < -0.39 is 5.97 Å². The Bertz CT molecular complexity index is 478. The van der Waals surface area contributed by atoms with Gasteiger partial charge in [0, 0.05) is 5.56 Å². The number of amides is 1. The monoisotopic (exact) mass is 291 g/mol. The van der Waals surface area contributed by atoms with Gasteiger partial charge in [-0.1, -0.05) is 6.42 Å². The summed E-state index contributed by atoms with van der Waals surface area (Å²) < 4.78 is 10.4. The van der Waals surface area contributed by atoms with E-state index in [2.05, 4.69) is 10.1 Å². The Morgan fingerprint density at radius 2 is 1.81 bits per heavy atom. The first-order valence-electron chi connectivity index (χ1n) is 7.31. The quantitative estimate of drug-likeness (QED) is 0.845. The fourth-order valence-electron chi connectivity index (χ4n) is 2.39. The number of methoxy groups -OCH3 is 1. The third-order valence-corrected chi connectivity index (χ3v) is 3.59. The average molecular weight is 291 g/mol. The van der Waals surface area contributed by atoms with Crippen LogP contribution in [0.25, 0.3) is 0 Å². The van der Waals surface area contributed by atoms with Gasteiger partial charge in [-0.15, -0.1) is 0 Å². The van der Waals surface area contributed by atoms with E-state index in [4.69, 9.17) is 4.74 Å². The fourth-order valence-corrected chi connectivity index (χ4v) is 2.39. The van der Waals surface area contributed by atoms with E-state index in [0.717, 1.165) is 18.6 Å². The van der Waals surface area contributed by atoms with Crippen LogP contribution in [0.3, 0.4) is 0 Å². The molecule has 0 spiro atoms. The van der Waals surface area contributed by atoms with Crippen LogP contribution in [0.15, 0.2) is 24.3 Å². The van der Waals surface area contributed by atoms with Gasteiger partial charge in [-0.2, -0.15) is 0 Å². The van der Waals surface area contributed by atoms with Crippen LogP contribution in [0.1, 0.15) is 42.5 Å². The van der Waals surface area contributed by atoms with Crippen LogP contribution in [0.5, 0.6) is 5.75 Å². The molecule has 1 N–H and O–H groups in total. The number of carbonyl (C=O) groups excluding carboxylic acids is 2. The van der Waals surface area contributed by atoms with E-state index in [0.29, 0.717) is 5.56 Å². The van der Waals surface area contributed by atoms with Gasteiger partial charge in [0.1, 0.15) is 12.3 Å². The Balaban J connectivity index is 1.85. The van der Waals surface area contributed by atoms with Crippen LogP contribution in [0.2, 0.25) is 0 Å². The van der Waals surface area contributed by atoms with Gasteiger partial charge in [0.15, 0.2) is 0 Å². The average Bonchev–Trinajstić information content (AvgIpc) is 2.54. The number of hydrogen-bond donors (Lipinski definition) is 1. The van der Waals surface area contributed by atoms with E-state index in [1.807, 2.05) is 0 Å². The maximum atomic E-state index is 11.8. The lowest BCUT2D eigenvalue weighted by atomic mass is 9.98. The number of ether oxygens (including phenoxy) is 2. The molecule has 114 valence electrons. The second kappa shape index (κ2) is 7.67. The van der Waals surface area contributed by atoms with Crippen LogP contribution in [-0.4, -0.2) is 31.6 Å². The van der Waals surface area contributed by atoms with Gasteiger partial charge in [0.25, 0.3) is 5.91 Å². The van der Waals surface area contributed by atoms with Crippen molar-refractivity contribution < 1.29 is 19.1 Å². The Morgan fingerprint density at radius 1 is 1.14 bits per heavy atom. The number of carbonyl (C=O) groups is 2. The van der Waals surface area contributed by atoms with Gasteiger partial charge in [-0.05, 0) is 49.9 Å². The molecule has 21 heavy (non-hydrogen) atoms. The summed E-state index contributed by atoms with van der Waals surface area (Å²) in [5.41, 5.74) is 0.495. The van der Waals surface area contributed by atoms with Crippen LogP contribution < -0.4 is 10.1 Å². The summed E-state index contributed by atoms with van der Waals surface area (Å²) in [5.74, 6) is 0.0108. The second-order valence-corrected chi connectivity index (χ2v) is 5.16. The molecular formula is C16H21NO4. The normalized spacial score (nSPS) is 15.3. The standard InChI is InChI=1S/C16H21NO4/c1-20-15(18)11-17-16(19)12-7-9-14(10-8-12)21-13-5-3-2-4-6-13/h7-10,13H,2-6,11H2,1H3,(H,17,19). The van der Waals surface area contributed by atoms with E-state index >= 15 is 0 Å². The molecule has 0 heterocycles. The summed E-state index contributed by atoms with van der Waals surface area (Å²) >= 11 is 0. The molecule has 0 bridgehead atoms. The highest BCUT2D eigenvalue weighted by Crippen LogP contribution is 2.23. The molecule has 1 aliphatic carbocycles. The predicted molar refractivity (Wildman–Crippen MR) is 78.3 cm³/mol. The molecule has 0 saturated heterocycles. The minimum Gasteiger partial charge on any atom is -0.490 e. The van der Waals surface area contributed by atoms with Crippen molar-refractivity contribution >= 4 is 11.9 Å². The molecule has 5 nitrogen and oxygen atoms in total. The van der Waals surface area contributed by atoms with Crippen molar-refractivity contribution in [1.82, 2.24) is 5.32 Å². The van der Waals surface area contributed by atoms with Crippen LogP contribution in [0, 0.1) is 0 Å². The Kier molecular flexibility index (Phi) is 5.60. The zero-order chi connectivity index (χ0) is 15.1. The molecule has 0 radical (unpaired) electrons. The van der Waals surface area contributed by atoms with Gasteiger partial charge in [0.05, 0.1) is 13.2 Å². The van der Waals surface area contributed by atoms with Gasteiger partial charge in [-0.3, -0.25) is 9.59 Å². The van der Waals surface area contributed by atoms with E-state index in [-0.39, 0.29) is 18.6 Å². The number of nitrogens with one attached hydrogen (secondary N) is 1. The molecule has 1 aromatic carbocycles. The van der Waals surface area contributed by atoms with E-state index in [1.54, 1.807) is 24.3 Å². The van der Waals surface area contributed by atoms with Crippen LogP contribution >= 0.6 is 0 Å². The molecule has 1 saturated carbocycles. The van der Waals surface area contributed by atoms with Crippen LogP contribution in [0.4, 0.5) is 0 Å². The van der Waals surface area contributed by atoms with Crippen LogP contribution in [-0.2, 0) is 9.53 Å². The number of rotatable bonds is 5. The van der Waals surface area contributed by atoms with Crippen molar-refractivity contribution in [1.29, 1.82) is 0 Å². The molecule has 0 aliphatic heterocycles. The van der Waals surface area contributed by atoms with Gasteiger partial charge >= 0.3 is 5.97 Å². The summed E-state index contributed by atoms with van der Waals surface area (Å²) in [4.78, 5) is 22.8. The molecule has 0 unspecified atom stereocenters. The molecule has 2 rings (SSSR count). The molecule has 1 aromatic rings. The maximum Gasteiger partial charge on any atom is 0.325 e. The third kappa shape index (κ3) is 4.77. The van der Waals surface area contributed by atoms with Gasteiger partial charge in [-0.25, -0.2) is 0 Å². The molecule has 0 atom stereocenters. The molecule has 0 aromatic heterocycles. The smallest absolute Gasteiger partial charge is 0.325 e. The Hall–Kier alpha value is -2.04. The first-order valence-corrected chi connectivity index (χ1v) is 7.31. The van der Waals surface area contributed by atoms with Gasteiger partial charge < -0.3 is 14.8 Å². The Labute approximate surface area is 124 Å². The molecule has 1 amide bonds. The van der Waals surface area contributed by atoms with E-state index in [1.165, 1.54) is 26.4 Å². The lowest BCUT2D eigenvalue weighted by Crippen LogP contribution is -2.30. The predicted octanol–water partition coefficient (Wildman–Crippen LogP) is 2.30. The highest BCUT2D eigenvalue weighted by molar-refractivity contribution is 5.95. The van der Waals surface area contributed by atoms with Crippen molar-refractivity contribution in [3.05, 3.63) is 29.8 Å². The number of esters is 1. The summed E-state index contributed by atoms with van der Waals surface area (Å²) in [6.07, 6.45) is 6.22. The third-order valence-electron chi connectivity index (χ3n) is 3.59. The van der Waals surface area contributed by atoms with E-state index in [9.17, 15) is 9.59 Å². The van der Waals surface area contributed by atoms with Crippen molar-refractivity contribution in [2.75, 3.05) is 13.7 Å². The Morgan fingerprint density at radius 3 is 2.43 bits per heavy atom. The highest BCUT2D eigenvalue weighted by Gasteiger charge is 2.15. The topological polar surface area (TPSA) is 64.6 Å². The first-order chi connectivity index (χ1) is 10.2. The SMILES string of the molecule is COC(=O)CNC(=O)c1ccc(OC2CCCCC2)cc1. The highest BCUT2D eigenvalue weighted by atomic mass is 16.5. The fraction of sp³-hybridized carbons (Fsp3) is 0.500. The lowest BCUT2D eigenvalue weighted by molar-refractivity contribution is -0.139. The largest absolute Gasteiger partial charge is 0.490 e. The van der Waals surface area contributed by atoms with Crippen molar-refractivity contribution in [2.45, 2.75) is 38.2 Å². The summed E-state index contributed by atoms with van der Waals surface area (Å²) in [5, 5.41) is 2.50. The van der Waals surface area contributed by atoms with Crippen molar-refractivity contribution in [3.8, 4) is 5.75 Å². The summed E-state index contributed by atoms with van der Waals surface area (Å²) in [7, 11) is 1.28. The minimum absolute atomic E-state index is 0.129. The molecule has 1 aliphatic rings. The molecule has 1 fully saturated rings. The zero-order valence-electron chi connectivity index (χ0n) is 12.3. The number of hydrogen-bond acceptors (Lipinski definition) is 4. The van der Waals surface area contributed by atoms with Crippen molar-refractivity contribution in [2.24, 2.45) is 0 Å². The maximum absolute atomic E-state index is 11.8. The van der Waals surface area contributed by atoms with Crippen molar-refractivity contribution in [3.63, 3.8) is 0 Å². The second-order valence-electron chi connectivity index (χ2n) is 5.16. The summed E-state index contributed by atoms with van der Waals surface area (Å²) in [6, 6.07) is 6.98. The molecule has 5 heteroatoms. The van der Waals surface area contributed by atoms with Gasteiger partial charge in [0.2, 0.25) is 0 Å². The first kappa shape index (κ1) is 15.4. The minimum atomic E-state index is -0.472. The lowest BCUT2D eigenvalue weighted by Gasteiger charge is -2.23.